The van der Waals surface area contributed by atoms with Gasteiger partial charge < -0.3 is 15.8 Å². The maximum atomic E-state index is 13.0. The molecule has 158 valence electrons. The molecule has 1 aromatic carbocycles. The second-order valence-electron chi connectivity index (χ2n) is 7.07. The van der Waals surface area contributed by atoms with Gasteiger partial charge in [-0.15, -0.1) is 0 Å². The SMILES string of the molecule is NC1=NC(N)(c2ccc(S(=O)(=O)N3CCC(Oc4cnccn4)CC3)cc2)NC=C1. The summed E-state index contributed by atoms with van der Waals surface area (Å²) in [6.07, 6.45) is 8.94. The highest BCUT2D eigenvalue weighted by Crippen LogP contribution is 2.25. The molecule has 0 aliphatic carbocycles. The molecule has 0 spiro atoms. The van der Waals surface area contributed by atoms with Crippen molar-refractivity contribution in [2.45, 2.75) is 29.6 Å². The summed E-state index contributed by atoms with van der Waals surface area (Å²) in [5, 5.41) is 2.93. The number of piperidine rings is 1. The molecule has 2 aliphatic heterocycles. The van der Waals surface area contributed by atoms with Crippen LogP contribution in [0.25, 0.3) is 0 Å². The fraction of sp³-hybridized carbons (Fsp3) is 0.316. The van der Waals surface area contributed by atoms with E-state index >= 15 is 0 Å². The van der Waals surface area contributed by atoms with Gasteiger partial charge in [-0.05, 0) is 31.1 Å². The van der Waals surface area contributed by atoms with E-state index in [9.17, 15) is 8.42 Å². The molecule has 1 unspecified atom stereocenters. The van der Waals surface area contributed by atoms with Crippen molar-refractivity contribution < 1.29 is 13.2 Å². The van der Waals surface area contributed by atoms with Crippen LogP contribution in [-0.4, -0.2) is 47.7 Å². The van der Waals surface area contributed by atoms with Crippen molar-refractivity contribution in [1.29, 1.82) is 0 Å². The van der Waals surface area contributed by atoms with E-state index in [2.05, 4.69) is 20.3 Å². The second kappa shape index (κ2) is 8.01. The van der Waals surface area contributed by atoms with Gasteiger partial charge in [0.2, 0.25) is 21.7 Å². The van der Waals surface area contributed by atoms with Crippen molar-refractivity contribution >= 4 is 15.9 Å². The molecular formula is C19H23N7O3S. The molecule has 0 radical (unpaired) electrons. The topological polar surface area (TPSA) is 149 Å². The van der Waals surface area contributed by atoms with Crippen molar-refractivity contribution in [2.24, 2.45) is 16.5 Å². The summed E-state index contributed by atoms with van der Waals surface area (Å²) in [5.74, 6) is -0.490. The van der Waals surface area contributed by atoms with Gasteiger partial charge in [-0.3, -0.25) is 10.7 Å². The fourth-order valence-corrected chi connectivity index (χ4v) is 4.88. The van der Waals surface area contributed by atoms with Crippen molar-refractivity contribution in [3.05, 3.63) is 60.7 Å². The molecule has 10 nitrogen and oxygen atoms in total. The van der Waals surface area contributed by atoms with Crippen molar-refractivity contribution in [2.75, 3.05) is 13.1 Å². The Kier molecular flexibility index (Phi) is 5.41. The van der Waals surface area contributed by atoms with E-state index in [-0.39, 0.29) is 11.0 Å². The number of sulfonamides is 1. The zero-order valence-electron chi connectivity index (χ0n) is 16.2. The number of hydrogen-bond donors (Lipinski definition) is 3. The van der Waals surface area contributed by atoms with Crippen LogP contribution in [0.3, 0.4) is 0 Å². The van der Waals surface area contributed by atoms with Gasteiger partial charge in [-0.25, -0.2) is 18.4 Å². The van der Waals surface area contributed by atoms with Crippen LogP contribution in [0.4, 0.5) is 0 Å². The summed E-state index contributed by atoms with van der Waals surface area (Å²) < 4.78 is 33.3. The number of benzene rings is 1. The molecule has 3 heterocycles. The molecule has 1 aromatic heterocycles. The Bertz CT molecular complexity index is 1050. The van der Waals surface area contributed by atoms with Gasteiger partial charge in [0.1, 0.15) is 11.9 Å². The lowest BCUT2D eigenvalue weighted by Crippen LogP contribution is -2.49. The van der Waals surface area contributed by atoms with Crippen LogP contribution in [0.1, 0.15) is 18.4 Å². The van der Waals surface area contributed by atoms with E-state index in [0.717, 1.165) is 0 Å². The molecule has 1 fully saturated rings. The third kappa shape index (κ3) is 4.13. The lowest BCUT2D eigenvalue weighted by Gasteiger charge is -2.31. The van der Waals surface area contributed by atoms with E-state index in [1.54, 1.807) is 43.0 Å². The Morgan fingerprint density at radius 2 is 1.90 bits per heavy atom. The highest BCUT2D eigenvalue weighted by Gasteiger charge is 2.32. The Morgan fingerprint density at radius 1 is 1.17 bits per heavy atom. The first-order valence-electron chi connectivity index (χ1n) is 9.49. The van der Waals surface area contributed by atoms with E-state index in [4.69, 9.17) is 16.2 Å². The van der Waals surface area contributed by atoms with Crippen LogP contribution in [0.15, 0.2) is 65.0 Å². The predicted octanol–water partition coefficient (Wildman–Crippen LogP) is 0.252. The number of nitrogens with one attached hydrogen (secondary N) is 1. The maximum Gasteiger partial charge on any atom is 0.243 e. The molecular weight excluding hydrogens is 406 g/mol. The summed E-state index contributed by atoms with van der Waals surface area (Å²) in [4.78, 5) is 12.5. The molecule has 0 saturated carbocycles. The quantitative estimate of drug-likeness (QED) is 0.612. The minimum Gasteiger partial charge on any atom is -0.473 e. The van der Waals surface area contributed by atoms with Gasteiger partial charge in [0.25, 0.3) is 0 Å². The van der Waals surface area contributed by atoms with Crippen LogP contribution in [0, 0.1) is 0 Å². The minimum atomic E-state index is -3.62. The molecule has 30 heavy (non-hydrogen) atoms. The van der Waals surface area contributed by atoms with Gasteiger partial charge in [0, 0.05) is 37.2 Å². The van der Waals surface area contributed by atoms with E-state index in [1.807, 2.05) is 0 Å². The summed E-state index contributed by atoms with van der Waals surface area (Å²) in [7, 11) is -3.62. The summed E-state index contributed by atoms with van der Waals surface area (Å²) in [5.41, 5.74) is 12.6. The molecule has 11 heteroatoms. The van der Waals surface area contributed by atoms with E-state index < -0.39 is 15.8 Å². The monoisotopic (exact) mass is 429 g/mol. The molecule has 2 aromatic rings. The molecule has 1 atom stereocenters. The number of aromatic nitrogens is 2. The van der Waals surface area contributed by atoms with E-state index in [0.29, 0.717) is 43.2 Å². The Morgan fingerprint density at radius 3 is 2.53 bits per heavy atom. The normalized spacial score (nSPS) is 22.9. The summed E-state index contributed by atoms with van der Waals surface area (Å²) in [6.45, 7) is 0.728. The molecule has 4 rings (SSSR count). The maximum absolute atomic E-state index is 13.0. The van der Waals surface area contributed by atoms with Gasteiger partial charge in [0.05, 0.1) is 11.1 Å². The lowest BCUT2D eigenvalue weighted by atomic mass is 10.1. The highest BCUT2D eigenvalue weighted by molar-refractivity contribution is 7.89. The first-order valence-corrected chi connectivity index (χ1v) is 10.9. The van der Waals surface area contributed by atoms with Crippen LogP contribution in [0.5, 0.6) is 5.88 Å². The van der Waals surface area contributed by atoms with Crippen LogP contribution >= 0.6 is 0 Å². The predicted molar refractivity (Wildman–Crippen MR) is 111 cm³/mol. The average molecular weight is 430 g/mol. The largest absolute Gasteiger partial charge is 0.473 e. The first kappa shape index (κ1) is 20.3. The number of amidine groups is 1. The van der Waals surface area contributed by atoms with Gasteiger partial charge in [0.15, 0.2) is 0 Å². The highest BCUT2D eigenvalue weighted by atomic mass is 32.2. The first-order chi connectivity index (χ1) is 14.4. The summed E-state index contributed by atoms with van der Waals surface area (Å²) in [6, 6.07) is 6.35. The molecule has 0 bridgehead atoms. The molecule has 1 saturated heterocycles. The van der Waals surface area contributed by atoms with Gasteiger partial charge in [-0.1, -0.05) is 12.1 Å². The summed E-state index contributed by atoms with van der Waals surface area (Å²) >= 11 is 0. The van der Waals surface area contributed by atoms with E-state index in [1.165, 1.54) is 16.4 Å². The second-order valence-corrected chi connectivity index (χ2v) is 9.01. The smallest absolute Gasteiger partial charge is 0.243 e. The average Bonchev–Trinajstić information content (AvgIpc) is 2.75. The number of nitrogens with zero attached hydrogens (tertiary/aromatic N) is 4. The number of hydrogen-bond acceptors (Lipinski definition) is 9. The lowest BCUT2D eigenvalue weighted by molar-refractivity contribution is 0.129. The van der Waals surface area contributed by atoms with Crippen molar-refractivity contribution in [3.8, 4) is 5.88 Å². The third-order valence-corrected chi connectivity index (χ3v) is 6.94. The minimum absolute atomic E-state index is 0.0959. The number of rotatable bonds is 5. The van der Waals surface area contributed by atoms with Crippen LogP contribution < -0.4 is 21.5 Å². The molecule has 2 aliphatic rings. The third-order valence-electron chi connectivity index (χ3n) is 5.02. The zero-order valence-corrected chi connectivity index (χ0v) is 17.0. The zero-order chi connectivity index (χ0) is 21.2. The molecule has 0 amide bonds. The van der Waals surface area contributed by atoms with Gasteiger partial charge in [-0.2, -0.15) is 4.31 Å². The number of aliphatic imine (C=N–C) groups is 1. The Balaban J connectivity index is 1.42. The standard InChI is InChI=1S/C19H23N7O3S/c20-17-5-8-24-19(21,25-17)14-1-3-16(4-2-14)30(27,28)26-11-6-15(7-12-26)29-18-13-22-9-10-23-18/h1-5,8-10,13,15,24H,6-7,11-12,21H2,(H2,20,25). The van der Waals surface area contributed by atoms with Crippen molar-refractivity contribution in [3.63, 3.8) is 0 Å². The number of nitrogens with two attached hydrogens (primary N) is 2. The Hall–Kier alpha value is -3.02. The van der Waals surface area contributed by atoms with Crippen molar-refractivity contribution in [1.82, 2.24) is 19.6 Å². The van der Waals surface area contributed by atoms with Crippen LogP contribution in [0.2, 0.25) is 0 Å². The van der Waals surface area contributed by atoms with Crippen LogP contribution in [-0.2, 0) is 15.8 Å². The number of ether oxygens (including phenoxy) is 1. The van der Waals surface area contributed by atoms with Gasteiger partial charge >= 0.3 is 0 Å². The molecule has 5 N–H and O–H groups in total. The fourth-order valence-electron chi connectivity index (χ4n) is 3.41. The Labute approximate surface area is 174 Å².